The van der Waals surface area contributed by atoms with Gasteiger partial charge < -0.3 is 14.5 Å². The van der Waals surface area contributed by atoms with Gasteiger partial charge in [-0.2, -0.15) is 0 Å². The summed E-state index contributed by atoms with van der Waals surface area (Å²) in [6.07, 6.45) is 3.08. The molecule has 0 aliphatic carbocycles. The van der Waals surface area contributed by atoms with Crippen LogP contribution in [0.15, 0.2) is 22.8 Å². The molecule has 1 N–H and O–H groups in total. The third-order valence-corrected chi connectivity index (χ3v) is 3.25. The summed E-state index contributed by atoms with van der Waals surface area (Å²) in [5.41, 5.74) is 0. The molecular formula is C13H22N2O2. The third kappa shape index (κ3) is 3.09. The fourth-order valence-corrected chi connectivity index (χ4v) is 2.43. The van der Waals surface area contributed by atoms with Crippen LogP contribution in [0.4, 0.5) is 0 Å². The minimum Gasteiger partial charge on any atom is -0.468 e. The predicted molar refractivity (Wildman–Crippen MR) is 67.0 cm³/mol. The maximum absolute atomic E-state index is 5.87. The number of ether oxygens (including phenoxy) is 1. The first kappa shape index (κ1) is 12.6. The lowest BCUT2D eigenvalue weighted by Crippen LogP contribution is -2.47. The Bertz CT molecular complexity index is 311. The molecule has 96 valence electrons. The number of morpholine rings is 1. The molecule has 0 amide bonds. The monoisotopic (exact) mass is 238 g/mol. The lowest BCUT2D eigenvalue weighted by Gasteiger charge is -2.36. The first-order chi connectivity index (χ1) is 8.35. The van der Waals surface area contributed by atoms with Crippen LogP contribution in [0.25, 0.3) is 0 Å². The Hall–Kier alpha value is -0.840. The number of rotatable bonds is 5. The average Bonchev–Trinajstić information content (AvgIpc) is 2.85. The summed E-state index contributed by atoms with van der Waals surface area (Å²) in [5, 5.41) is 3.29. The van der Waals surface area contributed by atoms with Crippen molar-refractivity contribution in [3.8, 4) is 0 Å². The molecular weight excluding hydrogens is 216 g/mol. The van der Waals surface area contributed by atoms with Crippen LogP contribution < -0.4 is 5.32 Å². The normalized spacial score (nSPS) is 23.8. The molecule has 4 heteroatoms. The maximum Gasteiger partial charge on any atom is 0.123 e. The van der Waals surface area contributed by atoms with Gasteiger partial charge in [0.1, 0.15) is 5.76 Å². The molecule has 0 saturated carbocycles. The molecule has 2 unspecified atom stereocenters. The summed E-state index contributed by atoms with van der Waals surface area (Å²) in [6.45, 7) is 6.18. The van der Waals surface area contributed by atoms with Crippen molar-refractivity contribution in [2.24, 2.45) is 0 Å². The highest BCUT2D eigenvalue weighted by Gasteiger charge is 2.29. The van der Waals surface area contributed by atoms with Gasteiger partial charge in [-0.1, -0.05) is 6.92 Å². The van der Waals surface area contributed by atoms with Crippen LogP contribution in [-0.4, -0.2) is 44.3 Å². The lowest BCUT2D eigenvalue weighted by molar-refractivity contribution is -0.0490. The Morgan fingerprint density at radius 1 is 1.59 bits per heavy atom. The molecule has 4 nitrogen and oxygen atoms in total. The molecule has 1 aromatic rings. The molecule has 2 heterocycles. The Balaban J connectivity index is 1.99. The van der Waals surface area contributed by atoms with E-state index < -0.39 is 0 Å². The van der Waals surface area contributed by atoms with Crippen molar-refractivity contribution in [3.63, 3.8) is 0 Å². The van der Waals surface area contributed by atoms with Gasteiger partial charge in [-0.25, -0.2) is 0 Å². The van der Waals surface area contributed by atoms with E-state index in [-0.39, 0.29) is 12.1 Å². The van der Waals surface area contributed by atoms with Crippen molar-refractivity contribution in [3.05, 3.63) is 24.2 Å². The number of nitrogens with zero attached hydrogens (tertiary/aromatic N) is 1. The Labute approximate surface area is 103 Å². The summed E-state index contributed by atoms with van der Waals surface area (Å²) >= 11 is 0. The number of hydrogen-bond donors (Lipinski definition) is 1. The second-order valence-electron chi connectivity index (χ2n) is 4.49. The van der Waals surface area contributed by atoms with E-state index in [9.17, 15) is 0 Å². The van der Waals surface area contributed by atoms with Gasteiger partial charge in [0, 0.05) is 13.1 Å². The van der Waals surface area contributed by atoms with Gasteiger partial charge in [-0.15, -0.1) is 0 Å². The second kappa shape index (κ2) is 6.19. The molecule has 1 saturated heterocycles. The summed E-state index contributed by atoms with van der Waals surface area (Å²) < 4.78 is 11.3. The molecule has 1 aliphatic rings. The van der Waals surface area contributed by atoms with Crippen molar-refractivity contribution >= 4 is 0 Å². The quantitative estimate of drug-likeness (QED) is 0.846. The van der Waals surface area contributed by atoms with Crippen molar-refractivity contribution in [1.82, 2.24) is 10.2 Å². The summed E-state index contributed by atoms with van der Waals surface area (Å²) in [5.74, 6) is 0.954. The van der Waals surface area contributed by atoms with Gasteiger partial charge in [0.2, 0.25) is 0 Å². The zero-order valence-corrected chi connectivity index (χ0v) is 10.7. The topological polar surface area (TPSA) is 37.6 Å². The minimum atomic E-state index is 0.143. The van der Waals surface area contributed by atoms with Crippen molar-refractivity contribution in [1.29, 1.82) is 0 Å². The van der Waals surface area contributed by atoms with E-state index in [4.69, 9.17) is 9.15 Å². The Morgan fingerprint density at radius 2 is 2.47 bits per heavy atom. The van der Waals surface area contributed by atoms with E-state index in [2.05, 4.69) is 17.1 Å². The number of likely N-dealkylation sites (N-methyl/N-ethyl adjacent to an activating group) is 1. The highest BCUT2D eigenvalue weighted by molar-refractivity contribution is 5.07. The predicted octanol–water partition coefficient (Wildman–Crippen LogP) is 1.65. The zero-order valence-electron chi connectivity index (χ0n) is 10.7. The van der Waals surface area contributed by atoms with Crippen LogP contribution >= 0.6 is 0 Å². The fourth-order valence-electron chi connectivity index (χ4n) is 2.43. The summed E-state index contributed by atoms with van der Waals surface area (Å²) in [7, 11) is 1.95. The van der Waals surface area contributed by atoms with Crippen LogP contribution in [0.5, 0.6) is 0 Å². The number of nitrogens with one attached hydrogen (secondary N) is 1. The maximum atomic E-state index is 5.87. The van der Waals surface area contributed by atoms with Gasteiger partial charge in [0.15, 0.2) is 0 Å². The van der Waals surface area contributed by atoms with E-state index in [1.54, 1.807) is 6.26 Å². The van der Waals surface area contributed by atoms with E-state index in [1.165, 1.54) is 6.42 Å². The molecule has 1 fully saturated rings. The van der Waals surface area contributed by atoms with E-state index >= 15 is 0 Å². The molecule has 0 radical (unpaired) electrons. The van der Waals surface area contributed by atoms with Crippen molar-refractivity contribution < 1.29 is 9.15 Å². The number of furan rings is 1. The highest BCUT2D eigenvalue weighted by atomic mass is 16.5. The molecule has 0 aromatic carbocycles. The fraction of sp³-hybridized carbons (Fsp3) is 0.692. The highest BCUT2D eigenvalue weighted by Crippen LogP contribution is 2.22. The molecule has 0 spiro atoms. The molecule has 1 aliphatic heterocycles. The van der Waals surface area contributed by atoms with Gasteiger partial charge in [0.05, 0.1) is 25.0 Å². The second-order valence-corrected chi connectivity index (χ2v) is 4.49. The van der Waals surface area contributed by atoms with Gasteiger partial charge in [-0.05, 0) is 32.1 Å². The SMILES string of the molecule is CCCN1CCOC(C(NC)c2ccco2)C1. The molecule has 2 rings (SSSR count). The first-order valence-electron chi connectivity index (χ1n) is 6.39. The Morgan fingerprint density at radius 3 is 3.12 bits per heavy atom. The molecule has 0 bridgehead atoms. The Kier molecular flexibility index (Phi) is 4.59. The van der Waals surface area contributed by atoms with Crippen LogP contribution in [0, 0.1) is 0 Å². The average molecular weight is 238 g/mol. The van der Waals surface area contributed by atoms with Crippen LogP contribution in [0.2, 0.25) is 0 Å². The molecule has 17 heavy (non-hydrogen) atoms. The molecule has 2 atom stereocenters. The third-order valence-electron chi connectivity index (χ3n) is 3.25. The first-order valence-corrected chi connectivity index (χ1v) is 6.39. The van der Waals surface area contributed by atoms with Crippen molar-refractivity contribution in [2.75, 3.05) is 33.3 Å². The number of hydrogen-bond acceptors (Lipinski definition) is 4. The van der Waals surface area contributed by atoms with Gasteiger partial charge in [-0.3, -0.25) is 4.90 Å². The van der Waals surface area contributed by atoms with Crippen molar-refractivity contribution in [2.45, 2.75) is 25.5 Å². The zero-order chi connectivity index (χ0) is 12.1. The largest absolute Gasteiger partial charge is 0.468 e. The summed E-state index contributed by atoms with van der Waals surface area (Å²) in [4.78, 5) is 2.46. The van der Waals surface area contributed by atoms with Gasteiger partial charge in [0.25, 0.3) is 0 Å². The summed E-state index contributed by atoms with van der Waals surface area (Å²) in [6, 6.07) is 4.07. The van der Waals surface area contributed by atoms with Crippen LogP contribution in [0.3, 0.4) is 0 Å². The molecule has 1 aromatic heterocycles. The lowest BCUT2D eigenvalue weighted by atomic mass is 10.1. The minimum absolute atomic E-state index is 0.143. The van der Waals surface area contributed by atoms with Crippen LogP contribution in [0.1, 0.15) is 25.1 Å². The van der Waals surface area contributed by atoms with E-state index in [0.717, 1.165) is 32.0 Å². The smallest absolute Gasteiger partial charge is 0.123 e. The van der Waals surface area contributed by atoms with E-state index in [0.29, 0.717) is 0 Å². The van der Waals surface area contributed by atoms with Crippen LogP contribution in [-0.2, 0) is 4.74 Å². The van der Waals surface area contributed by atoms with E-state index in [1.807, 2.05) is 19.2 Å². The standard InChI is InChI=1S/C13H22N2O2/c1-3-6-15-7-9-17-12(10-15)13(14-2)11-5-4-8-16-11/h4-5,8,12-14H,3,6-7,9-10H2,1-2H3. The van der Waals surface area contributed by atoms with Gasteiger partial charge >= 0.3 is 0 Å².